The molecule has 1 amide bonds. The number of rotatable bonds is 4. The SMILES string of the molecule is O=C(Nc1ncc(C2CCNCC2)s1)c1ccc(F)cc1[N+](=O)[O-]. The fourth-order valence-electron chi connectivity index (χ4n) is 2.65. The van der Waals surface area contributed by atoms with Crippen LogP contribution in [0.3, 0.4) is 0 Å². The summed E-state index contributed by atoms with van der Waals surface area (Å²) >= 11 is 1.37. The molecule has 2 N–H and O–H groups in total. The van der Waals surface area contributed by atoms with Crippen LogP contribution in [0.15, 0.2) is 24.4 Å². The molecule has 3 rings (SSSR count). The second kappa shape index (κ2) is 7.02. The van der Waals surface area contributed by atoms with E-state index in [1.54, 1.807) is 6.20 Å². The minimum Gasteiger partial charge on any atom is -0.317 e. The summed E-state index contributed by atoms with van der Waals surface area (Å²) < 4.78 is 13.2. The van der Waals surface area contributed by atoms with Crippen LogP contribution in [0.25, 0.3) is 0 Å². The Morgan fingerprint density at radius 1 is 1.42 bits per heavy atom. The molecule has 7 nitrogen and oxygen atoms in total. The highest BCUT2D eigenvalue weighted by atomic mass is 32.1. The Balaban J connectivity index is 1.76. The molecule has 0 unspecified atom stereocenters. The normalized spacial score (nSPS) is 15.2. The molecule has 0 spiro atoms. The van der Waals surface area contributed by atoms with Crippen LogP contribution < -0.4 is 10.6 Å². The van der Waals surface area contributed by atoms with Crippen molar-refractivity contribution in [1.82, 2.24) is 10.3 Å². The van der Waals surface area contributed by atoms with E-state index in [-0.39, 0.29) is 5.56 Å². The Morgan fingerprint density at radius 2 is 2.17 bits per heavy atom. The minimum atomic E-state index is -0.777. The van der Waals surface area contributed by atoms with Crippen LogP contribution in [0.5, 0.6) is 0 Å². The van der Waals surface area contributed by atoms with E-state index in [2.05, 4.69) is 15.6 Å². The molecule has 9 heteroatoms. The first kappa shape index (κ1) is 16.5. The lowest BCUT2D eigenvalue weighted by molar-refractivity contribution is -0.385. The number of piperidine rings is 1. The smallest absolute Gasteiger partial charge is 0.285 e. The molecule has 2 aromatic rings. The summed E-state index contributed by atoms with van der Waals surface area (Å²) in [5.74, 6) is -1.02. The number of carbonyl (C=O) groups is 1. The van der Waals surface area contributed by atoms with Crippen LogP contribution in [0, 0.1) is 15.9 Å². The zero-order chi connectivity index (χ0) is 17.1. The van der Waals surface area contributed by atoms with Crippen LogP contribution in [0.4, 0.5) is 15.2 Å². The van der Waals surface area contributed by atoms with Crippen molar-refractivity contribution in [3.63, 3.8) is 0 Å². The first-order valence-electron chi connectivity index (χ1n) is 7.46. The molecule has 0 radical (unpaired) electrons. The Labute approximate surface area is 141 Å². The van der Waals surface area contributed by atoms with Crippen LogP contribution in [-0.2, 0) is 0 Å². The molecular formula is C15H15FN4O3S. The van der Waals surface area contributed by atoms with Crippen molar-refractivity contribution in [2.75, 3.05) is 18.4 Å². The second-order valence-electron chi connectivity index (χ2n) is 5.46. The van der Waals surface area contributed by atoms with Crippen molar-refractivity contribution < 1.29 is 14.1 Å². The molecule has 1 aromatic carbocycles. The van der Waals surface area contributed by atoms with Crippen LogP contribution in [0.1, 0.15) is 34.0 Å². The molecule has 2 heterocycles. The van der Waals surface area contributed by atoms with Crippen molar-refractivity contribution in [2.24, 2.45) is 0 Å². The Hall–Kier alpha value is -2.39. The number of nitro groups is 1. The number of anilines is 1. The van der Waals surface area contributed by atoms with Crippen LogP contribution >= 0.6 is 11.3 Å². The lowest BCUT2D eigenvalue weighted by atomic mass is 9.97. The lowest BCUT2D eigenvalue weighted by Gasteiger charge is -2.20. The highest BCUT2D eigenvalue weighted by molar-refractivity contribution is 7.15. The van der Waals surface area contributed by atoms with Gasteiger partial charge in [0.25, 0.3) is 11.6 Å². The molecule has 1 saturated heterocycles. The Morgan fingerprint density at radius 3 is 2.88 bits per heavy atom. The van der Waals surface area contributed by atoms with E-state index in [4.69, 9.17) is 0 Å². The van der Waals surface area contributed by atoms with Crippen molar-refractivity contribution >= 4 is 28.1 Å². The number of halogens is 1. The Kier molecular flexibility index (Phi) is 4.81. The van der Waals surface area contributed by atoms with Crippen LogP contribution in [0.2, 0.25) is 0 Å². The maximum absolute atomic E-state index is 13.2. The third-order valence-corrected chi connectivity index (χ3v) is 4.96. The topological polar surface area (TPSA) is 97.2 Å². The van der Waals surface area contributed by atoms with Gasteiger partial charge in [-0.2, -0.15) is 0 Å². The number of nitro benzene ring substituents is 1. The van der Waals surface area contributed by atoms with E-state index in [1.807, 2.05) is 0 Å². The van der Waals surface area contributed by atoms with Gasteiger partial charge in [0.1, 0.15) is 11.4 Å². The molecule has 1 aliphatic heterocycles. The number of benzene rings is 1. The molecule has 1 aliphatic rings. The van der Waals surface area contributed by atoms with Crippen molar-refractivity contribution in [1.29, 1.82) is 0 Å². The van der Waals surface area contributed by atoms with E-state index in [1.165, 1.54) is 11.3 Å². The molecule has 0 saturated carbocycles. The summed E-state index contributed by atoms with van der Waals surface area (Å²) in [6.45, 7) is 1.90. The number of amides is 1. The van der Waals surface area contributed by atoms with Gasteiger partial charge >= 0.3 is 0 Å². The van der Waals surface area contributed by atoms with Gasteiger partial charge in [-0.1, -0.05) is 0 Å². The van der Waals surface area contributed by atoms with Gasteiger partial charge in [0.15, 0.2) is 5.13 Å². The minimum absolute atomic E-state index is 0.194. The number of thiazole rings is 1. The number of carbonyl (C=O) groups excluding carboxylic acids is 1. The molecular weight excluding hydrogens is 335 g/mol. The largest absolute Gasteiger partial charge is 0.317 e. The van der Waals surface area contributed by atoms with Crippen molar-refractivity contribution in [2.45, 2.75) is 18.8 Å². The standard InChI is InChI=1S/C15H15FN4O3S/c16-10-1-2-11(12(7-10)20(22)23)14(21)19-15-18-8-13(24-15)9-3-5-17-6-4-9/h1-2,7-9,17H,3-6H2,(H,18,19,21). The fraction of sp³-hybridized carbons (Fsp3) is 0.333. The average molecular weight is 350 g/mol. The van der Waals surface area contributed by atoms with Gasteiger partial charge in [0, 0.05) is 11.1 Å². The summed E-state index contributed by atoms with van der Waals surface area (Å²) in [5, 5.41) is 17.2. The first-order valence-corrected chi connectivity index (χ1v) is 8.28. The van der Waals surface area contributed by atoms with Crippen LogP contribution in [-0.4, -0.2) is 28.9 Å². The summed E-state index contributed by atoms with van der Waals surface area (Å²) in [6.07, 6.45) is 3.76. The number of hydrogen-bond acceptors (Lipinski definition) is 6. The zero-order valence-corrected chi connectivity index (χ0v) is 13.4. The molecule has 0 bridgehead atoms. The summed E-state index contributed by atoms with van der Waals surface area (Å²) in [6, 6.07) is 2.85. The molecule has 0 atom stereocenters. The third-order valence-electron chi connectivity index (χ3n) is 3.89. The van der Waals surface area contributed by atoms with E-state index in [0.29, 0.717) is 11.0 Å². The molecule has 1 aromatic heterocycles. The van der Waals surface area contributed by atoms with E-state index in [9.17, 15) is 19.3 Å². The lowest BCUT2D eigenvalue weighted by Crippen LogP contribution is -2.26. The highest BCUT2D eigenvalue weighted by Crippen LogP contribution is 2.32. The van der Waals surface area contributed by atoms with E-state index < -0.39 is 22.3 Å². The van der Waals surface area contributed by atoms with Gasteiger partial charge < -0.3 is 5.32 Å². The van der Waals surface area contributed by atoms with E-state index in [0.717, 1.165) is 49.0 Å². The Bertz CT molecular complexity index is 774. The number of nitrogens with zero attached hydrogens (tertiary/aromatic N) is 2. The number of hydrogen-bond donors (Lipinski definition) is 2. The summed E-state index contributed by atoms with van der Waals surface area (Å²) in [4.78, 5) is 27.7. The quantitative estimate of drug-likeness (QED) is 0.653. The van der Waals surface area contributed by atoms with Gasteiger partial charge in [0.05, 0.1) is 11.0 Å². The predicted octanol–water partition coefficient (Wildman–Crippen LogP) is 2.91. The molecule has 0 aliphatic carbocycles. The number of aromatic nitrogens is 1. The third kappa shape index (κ3) is 3.57. The van der Waals surface area contributed by atoms with Gasteiger partial charge in [-0.05, 0) is 44.0 Å². The molecule has 1 fully saturated rings. The monoisotopic (exact) mass is 350 g/mol. The van der Waals surface area contributed by atoms with Crippen molar-refractivity contribution in [3.05, 3.63) is 50.8 Å². The molecule has 24 heavy (non-hydrogen) atoms. The summed E-state index contributed by atoms with van der Waals surface area (Å²) in [7, 11) is 0. The second-order valence-corrected chi connectivity index (χ2v) is 6.53. The van der Waals surface area contributed by atoms with Crippen molar-refractivity contribution in [3.8, 4) is 0 Å². The van der Waals surface area contributed by atoms with Gasteiger partial charge in [0.2, 0.25) is 0 Å². The average Bonchev–Trinajstić information content (AvgIpc) is 3.04. The maximum atomic E-state index is 13.2. The summed E-state index contributed by atoms with van der Waals surface area (Å²) in [5.41, 5.74) is -0.761. The highest BCUT2D eigenvalue weighted by Gasteiger charge is 2.23. The predicted molar refractivity (Wildman–Crippen MR) is 88.0 cm³/mol. The van der Waals surface area contributed by atoms with Gasteiger partial charge in [-0.15, -0.1) is 11.3 Å². The van der Waals surface area contributed by atoms with Gasteiger partial charge in [-0.3, -0.25) is 20.2 Å². The fourth-order valence-corrected chi connectivity index (χ4v) is 3.63. The van der Waals surface area contributed by atoms with Gasteiger partial charge in [-0.25, -0.2) is 9.37 Å². The van der Waals surface area contributed by atoms with E-state index >= 15 is 0 Å². The zero-order valence-electron chi connectivity index (χ0n) is 12.6. The molecule has 126 valence electrons. The number of nitrogens with one attached hydrogen (secondary N) is 2. The first-order chi connectivity index (χ1) is 11.5. The maximum Gasteiger partial charge on any atom is 0.285 e.